The molecule has 0 aliphatic rings. The van der Waals surface area contributed by atoms with Gasteiger partial charge >= 0.3 is 0 Å². The molecule has 0 spiro atoms. The lowest BCUT2D eigenvalue weighted by atomic mass is 10.3. The van der Waals surface area contributed by atoms with E-state index in [-0.39, 0.29) is 5.91 Å². The van der Waals surface area contributed by atoms with Crippen molar-refractivity contribution in [3.8, 4) is 0 Å². The number of anilines is 1. The predicted octanol–water partition coefficient (Wildman–Crippen LogP) is 0.568. The molecular weight excluding hydrogens is 220 g/mol. The number of hydrogen-bond acceptors (Lipinski definition) is 4. The second-order valence-corrected chi connectivity index (χ2v) is 3.66. The van der Waals surface area contributed by atoms with Gasteiger partial charge in [0.25, 0.3) is 5.91 Å². The van der Waals surface area contributed by atoms with Gasteiger partial charge in [0.05, 0.1) is 18.1 Å². The number of nitrogen functional groups attached to an aromatic ring is 1. The molecule has 0 saturated carbocycles. The van der Waals surface area contributed by atoms with Crippen LogP contribution in [0, 0.1) is 0 Å². The molecule has 0 atom stereocenters. The van der Waals surface area contributed by atoms with Gasteiger partial charge in [0.2, 0.25) is 0 Å². The molecule has 3 N–H and O–H groups in total. The van der Waals surface area contributed by atoms with Crippen molar-refractivity contribution in [2.75, 3.05) is 12.3 Å². The maximum atomic E-state index is 11.8. The number of amides is 1. The molecule has 6 nitrogen and oxygen atoms in total. The van der Waals surface area contributed by atoms with E-state index in [0.29, 0.717) is 24.3 Å². The number of rotatable bonds is 4. The van der Waals surface area contributed by atoms with E-state index in [1.165, 1.54) is 10.9 Å². The number of nitrogens with one attached hydrogen (secondary N) is 1. The van der Waals surface area contributed by atoms with Crippen LogP contribution in [0.4, 0.5) is 5.69 Å². The van der Waals surface area contributed by atoms with E-state index in [0.717, 1.165) is 5.76 Å². The third-order valence-electron chi connectivity index (χ3n) is 2.42. The van der Waals surface area contributed by atoms with E-state index in [9.17, 15) is 4.79 Å². The molecule has 0 bridgehead atoms. The topological polar surface area (TPSA) is 86.1 Å². The first-order valence-corrected chi connectivity index (χ1v) is 5.26. The first-order chi connectivity index (χ1) is 8.18. The van der Waals surface area contributed by atoms with Crippen molar-refractivity contribution in [1.29, 1.82) is 0 Å². The van der Waals surface area contributed by atoms with Gasteiger partial charge < -0.3 is 15.5 Å². The van der Waals surface area contributed by atoms with E-state index in [4.69, 9.17) is 10.2 Å². The zero-order valence-electron chi connectivity index (χ0n) is 9.51. The lowest BCUT2D eigenvalue weighted by Gasteiger charge is -2.05. The van der Waals surface area contributed by atoms with Crippen LogP contribution in [0.3, 0.4) is 0 Å². The second kappa shape index (κ2) is 4.73. The molecule has 2 aromatic heterocycles. The first-order valence-electron chi connectivity index (χ1n) is 5.26. The summed E-state index contributed by atoms with van der Waals surface area (Å²) in [6.45, 7) is 0.497. The fraction of sp³-hybridized carbons (Fsp3) is 0.273. The largest absolute Gasteiger partial charge is 0.469 e. The molecule has 2 aromatic rings. The standard InChI is InChI=1S/C11H14N4O2/c1-15-10(9(12)7-14-15)11(16)13-5-4-8-3-2-6-17-8/h2-3,6-7H,4-5,12H2,1H3,(H,13,16). The van der Waals surface area contributed by atoms with Gasteiger partial charge in [-0.25, -0.2) is 0 Å². The molecule has 2 rings (SSSR count). The quantitative estimate of drug-likeness (QED) is 0.809. The molecule has 17 heavy (non-hydrogen) atoms. The molecule has 0 aliphatic heterocycles. The summed E-state index contributed by atoms with van der Waals surface area (Å²) in [6.07, 6.45) is 3.72. The minimum Gasteiger partial charge on any atom is -0.469 e. The summed E-state index contributed by atoms with van der Waals surface area (Å²) in [5.41, 5.74) is 6.40. The number of nitrogens with zero attached hydrogens (tertiary/aromatic N) is 2. The Morgan fingerprint density at radius 3 is 3.06 bits per heavy atom. The molecule has 1 amide bonds. The monoisotopic (exact) mass is 234 g/mol. The molecule has 2 heterocycles. The summed E-state index contributed by atoms with van der Waals surface area (Å²) in [6, 6.07) is 3.68. The molecule has 90 valence electrons. The van der Waals surface area contributed by atoms with Crippen molar-refractivity contribution in [2.45, 2.75) is 6.42 Å². The van der Waals surface area contributed by atoms with Crippen molar-refractivity contribution >= 4 is 11.6 Å². The number of furan rings is 1. The van der Waals surface area contributed by atoms with E-state index < -0.39 is 0 Å². The maximum Gasteiger partial charge on any atom is 0.271 e. The first kappa shape index (κ1) is 11.3. The van der Waals surface area contributed by atoms with Crippen LogP contribution in [0.2, 0.25) is 0 Å². The Kier molecular flexibility index (Phi) is 3.13. The highest BCUT2D eigenvalue weighted by atomic mass is 16.3. The van der Waals surface area contributed by atoms with Crippen molar-refractivity contribution < 1.29 is 9.21 Å². The zero-order valence-corrected chi connectivity index (χ0v) is 9.51. The van der Waals surface area contributed by atoms with E-state index >= 15 is 0 Å². The lowest BCUT2D eigenvalue weighted by Crippen LogP contribution is -2.28. The normalized spacial score (nSPS) is 10.4. The Balaban J connectivity index is 1.90. The van der Waals surface area contributed by atoms with Gasteiger partial charge in [-0.1, -0.05) is 0 Å². The highest BCUT2D eigenvalue weighted by molar-refractivity contribution is 5.97. The van der Waals surface area contributed by atoms with Gasteiger partial charge in [-0.05, 0) is 12.1 Å². The Labute approximate surface area is 98.4 Å². The minimum absolute atomic E-state index is 0.228. The van der Waals surface area contributed by atoms with Crippen LogP contribution in [0.5, 0.6) is 0 Å². The summed E-state index contributed by atoms with van der Waals surface area (Å²) >= 11 is 0. The number of carbonyl (C=O) groups excluding carboxylic acids is 1. The molecular formula is C11H14N4O2. The van der Waals surface area contributed by atoms with E-state index in [1.807, 2.05) is 12.1 Å². The van der Waals surface area contributed by atoms with Gasteiger partial charge in [-0.2, -0.15) is 5.10 Å². The number of carbonyl (C=O) groups is 1. The molecule has 6 heteroatoms. The van der Waals surface area contributed by atoms with Gasteiger partial charge in [0, 0.05) is 20.0 Å². The SMILES string of the molecule is Cn1ncc(N)c1C(=O)NCCc1ccco1. The molecule has 0 fully saturated rings. The predicted molar refractivity (Wildman–Crippen MR) is 62.4 cm³/mol. The Bertz CT molecular complexity index is 482. The van der Waals surface area contributed by atoms with Crippen LogP contribution in [-0.4, -0.2) is 22.2 Å². The van der Waals surface area contributed by atoms with Crippen LogP contribution in [0.25, 0.3) is 0 Å². The summed E-state index contributed by atoms with van der Waals surface area (Å²) in [5.74, 6) is 0.609. The number of aryl methyl sites for hydroxylation is 1. The fourth-order valence-corrected chi connectivity index (χ4v) is 1.57. The number of nitrogens with two attached hydrogens (primary N) is 1. The molecule has 0 aliphatic carbocycles. The van der Waals surface area contributed by atoms with Crippen LogP contribution >= 0.6 is 0 Å². The summed E-state index contributed by atoms with van der Waals surface area (Å²) < 4.78 is 6.62. The van der Waals surface area contributed by atoms with Gasteiger partial charge in [0.1, 0.15) is 11.5 Å². The van der Waals surface area contributed by atoms with Crippen molar-refractivity contribution in [1.82, 2.24) is 15.1 Å². The second-order valence-electron chi connectivity index (χ2n) is 3.66. The third-order valence-corrected chi connectivity index (χ3v) is 2.42. The van der Waals surface area contributed by atoms with E-state index in [2.05, 4.69) is 10.4 Å². The highest BCUT2D eigenvalue weighted by Crippen LogP contribution is 2.08. The van der Waals surface area contributed by atoms with Crippen LogP contribution in [0.1, 0.15) is 16.2 Å². The van der Waals surface area contributed by atoms with Crippen LogP contribution < -0.4 is 11.1 Å². The van der Waals surface area contributed by atoms with Crippen LogP contribution in [0.15, 0.2) is 29.0 Å². The maximum absolute atomic E-state index is 11.8. The molecule has 0 radical (unpaired) electrons. The third kappa shape index (κ3) is 2.47. The molecule has 0 unspecified atom stereocenters. The smallest absolute Gasteiger partial charge is 0.271 e. The van der Waals surface area contributed by atoms with Crippen molar-refractivity contribution in [3.63, 3.8) is 0 Å². The minimum atomic E-state index is -0.228. The molecule has 0 aromatic carbocycles. The number of aromatic nitrogens is 2. The lowest BCUT2D eigenvalue weighted by molar-refractivity contribution is 0.0945. The van der Waals surface area contributed by atoms with Crippen molar-refractivity contribution in [3.05, 3.63) is 36.0 Å². The summed E-state index contributed by atoms with van der Waals surface area (Å²) in [7, 11) is 1.68. The summed E-state index contributed by atoms with van der Waals surface area (Å²) in [5, 5.41) is 6.67. The fourth-order valence-electron chi connectivity index (χ4n) is 1.57. The zero-order chi connectivity index (χ0) is 12.3. The Morgan fingerprint density at radius 1 is 1.65 bits per heavy atom. The number of hydrogen-bond donors (Lipinski definition) is 2. The Morgan fingerprint density at radius 2 is 2.47 bits per heavy atom. The molecule has 0 saturated heterocycles. The summed E-state index contributed by atoms with van der Waals surface area (Å²) in [4.78, 5) is 11.8. The van der Waals surface area contributed by atoms with Crippen molar-refractivity contribution in [2.24, 2.45) is 7.05 Å². The highest BCUT2D eigenvalue weighted by Gasteiger charge is 2.14. The Hall–Kier alpha value is -2.24. The van der Waals surface area contributed by atoms with E-state index in [1.54, 1.807) is 13.3 Å². The van der Waals surface area contributed by atoms with Gasteiger partial charge in [-0.3, -0.25) is 9.48 Å². The average molecular weight is 234 g/mol. The van der Waals surface area contributed by atoms with Gasteiger partial charge in [-0.15, -0.1) is 0 Å². The average Bonchev–Trinajstić information content (AvgIpc) is 2.89. The van der Waals surface area contributed by atoms with Gasteiger partial charge in [0.15, 0.2) is 0 Å². The van der Waals surface area contributed by atoms with Crippen LogP contribution in [-0.2, 0) is 13.5 Å².